The van der Waals surface area contributed by atoms with E-state index < -0.39 is 13.7 Å². The molecule has 156 valence electrons. The Hall–Kier alpha value is -3.24. The average Bonchev–Trinajstić information content (AvgIpc) is 2.72. The summed E-state index contributed by atoms with van der Waals surface area (Å²) in [5, 5.41) is 2.84. The first-order chi connectivity index (χ1) is 14.4. The molecule has 0 aliphatic carbocycles. The number of esters is 1. The molecule has 30 heavy (non-hydrogen) atoms. The van der Waals surface area contributed by atoms with E-state index in [4.69, 9.17) is 13.8 Å². The maximum Gasteiger partial charge on any atom is 0.541 e. The number of hydrogen-bond donors (Lipinski definition) is 1. The highest BCUT2D eigenvalue weighted by Gasteiger charge is 2.29. The van der Waals surface area contributed by atoms with Crippen LogP contribution in [-0.2, 0) is 9.30 Å². The molecule has 0 aliphatic heterocycles. The van der Waals surface area contributed by atoms with Crippen molar-refractivity contribution in [2.75, 3.05) is 11.7 Å². The Balaban J connectivity index is 1.84. The predicted molar refractivity (Wildman–Crippen MR) is 117 cm³/mol. The Labute approximate surface area is 176 Å². The van der Waals surface area contributed by atoms with Gasteiger partial charge in [-0.2, -0.15) is 0 Å². The smallest absolute Gasteiger partial charge is 0.462 e. The lowest BCUT2D eigenvalue weighted by Crippen LogP contribution is -2.10. The number of benzene rings is 3. The van der Waals surface area contributed by atoms with Crippen LogP contribution in [0.5, 0.6) is 11.5 Å². The van der Waals surface area contributed by atoms with E-state index in [0.29, 0.717) is 29.4 Å². The zero-order valence-corrected chi connectivity index (χ0v) is 18.0. The molecule has 0 aromatic heterocycles. The maximum absolute atomic E-state index is 13.6. The molecule has 0 amide bonds. The second-order valence-corrected chi connectivity index (χ2v) is 8.30. The molecular weight excluding hydrogens is 401 g/mol. The topological polar surface area (TPSA) is 73.9 Å². The van der Waals surface area contributed by atoms with Crippen LogP contribution in [0.3, 0.4) is 0 Å². The molecule has 1 N–H and O–H groups in total. The number of hydrogen-bond acceptors (Lipinski definition) is 5. The molecule has 6 nitrogen and oxygen atoms in total. The fraction of sp³-hybridized carbons (Fsp3) is 0.174. The minimum Gasteiger partial charge on any atom is -0.462 e. The lowest BCUT2D eigenvalue weighted by atomic mass is 10.2. The van der Waals surface area contributed by atoms with Crippen LogP contribution in [0.25, 0.3) is 0 Å². The number of rotatable bonds is 8. The number of carbonyl (C=O) groups is 1. The van der Waals surface area contributed by atoms with Crippen molar-refractivity contribution in [1.82, 2.24) is 0 Å². The van der Waals surface area contributed by atoms with E-state index >= 15 is 0 Å². The summed E-state index contributed by atoms with van der Waals surface area (Å²) in [6.45, 7) is 5.95. The highest BCUT2D eigenvalue weighted by atomic mass is 31.2. The zero-order valence-electron chi connectivity index (χ0n) is 17.1. The summed E-state index contributed by atoms with van der Waals surface area (Å²) in [6, 6.07) is 20.8. The summed E-state index contributed by atoms with van der Waals surface area (Å²) in [5.74, 6) is 0.400. The fourth-order valence-electron chi connectivity index (χ4n) is 2.59. The van der Waals surface area contributed by atoms with Gasteiger partial charge in [0, 0.05) is 5.69 Å². The summed E-state index contributed by atoms with van der Waals surface area (Å²) in [5.41, 5.74) is 2.99. The van der Waals surface area contributed by atoms with Crippen LogP contribution in [0.2, 0.25) is 0 Å². The largest absolute Gasteiger partial charge is 0.541 e. The van der Waals surface area contributed by atoms with E-state index in [1.165, 1.54) is 0 Å². The molecule has 0 atom stereocenters. The minimum absolute atomic E-state index is 0.294. The second kappa shape index (κ2) is 9.51. The monoisotopic (exact) mass is 425 g/mol. The van der Waals surface area contributed by atoms with E-state index in [1.54, 1.807) is 55.5 Å². The molecule has 3 aromatic carbocycles. The van der Waals surface area contributed by atoms with E-state index in [-0.39, 0.29) is 0 Å². The minimum atomic E-state index is -3.83. The van der Waals surface area contributed by atoms with Crippen LogP contribution < -0.4 is 14.1 Å². The molecule has 0 heterocycles. The van der Waals surface area contributed by atoms with Crippen LogP contribution >= 0.6 is 7.75 Å². The molecule has 0 spiro atoms. The molecule has 0 fully saturated rings. The van der Waals surface area contributed by atoms with E-state index in [9.17, 15) is 9.36 Å². The molecule has 0 saturated carbocycles. The van der Waals surface area contributed by atoms with Gasteiger partial charge >= 0.3 is 13.7 Å². The molecule has 0 saturated heterocycles. The van der Waals surface area contributed by atoms with Crippen molar-refractivity contribution >= 4 is 19.4 Å². The summed E-state index contributed by atoms with van der Waals surface area (Å²) in [6.07, 6.45) is 0. The van der Waals surface area contributed by atoms with Gasteiger partial charge in [-0.25, -0.2) is 9.36 Å². The van der Waals surface area contributed by atoms with Crippen molar-refractivity contribution in [1.29, 1.82) is 0 Å². The van der Waals surface area contributed by atoms with Gasteiger partial charge in [0.1, 0.15) is 11.5 Å². The van der Waals surface area contributed by atoms with Crippen LogP contribution in [0, 0.1) is 13.8 Å². The van der Waals surface area contributed by atoms with Crippen molar-refractivity contribution in [3.05, 3.63) is 89.5 Å². The third-order valence-corrected chi connectivity index (χ3v) is 5.59. The van der Waals surface area contributed by atoms with E-state index in [1.807, 2.05) is 38.1 Å². The van der Waals surface area contributed by atoms with Gasteiger partial charge in [-0.3, -0.25) is 5.09 Å². The van der Waals surface area contributed by atoms with E-state index in [0.717, 1.165) is 11.1 Å². The molecule has 0 unspecified atom stereocenters. The standard InChI is InChI=1S/C23H24NO5P/c1-4-27-23(25)19-9-11-20(12-10-19)24-30(26,28-21-13-5-17(2)6-14-21)29-22-15-7-18(3)8-16-22/h5-16H,4H2,1-3H3,(H,24,26). The van der Waals surface area contributed by atoms with Gasteiger partial charge in [-0.05, 0) is 69.3 Å². The Morgan fingerprint density at radius 2 is 1.27 bits per heavy atom. The molecule has 3 rings (SSSR count). The number of ether oxygens (including phenoxy) is 1. The van der Waals surface area contributed by atoms with Crippen molar-refractivity contribution in [3.63, 3.8) is 0 Å². The van der Waals surface area contributed by atoms with Gasteiger partial charge in [0.05, 0.1) is 12.2 Å². The first-order valence-corrected chi connectivity index (χ1v) is 11.1. The molecule has 0 radical (unpaired) electrons. The highest BCUT2D eigenvalue weighted by molar-refractivity contribution is 7.56. The van der Waals surface area contributed by atoms with Crippen LogP contribution in [0.1, 0.15) is 28.4 Å². The SMILES string of the molecule is CCOC(=O)c1ccc(NP(=O)(Oc2ccc(C)cc2)Oc2ccc(C)cc2)cc1. The van der Waals surface area contributed by atoms with Crippen molar-refractivity contribution in [2.45, 2.75) is 20.8 Å². The van der Waals surface area contributed by atoms with Gasteiger partial charge in [0.25, 0.3) is 0 Å². The van der Waals surface area contributed by atoms with Crippen LogP contribution in [0.4, 0.5) is 5.69 Å². The third-order valence-electron chi connectivity index (χ3n) is 4.16. The first-order valence-electron chi connectivity index (χ1n) is 9.55. The maximum atomic E-state index is 13.6. The van der Waals surface area contributed by atoms with Crippen LogP contribution in [0.15, 0.2) is 72.8 Å². The fourth-order valence-corrected chi connectivity index (χ4v) is 3.99. The predicted octanol–water partition coefficient (Wildman–Crippen LogP) is 6.16. The molecule has 0 aliphatic rings. The second-order valence-electron chi connectivity index (χ2n) is 6.72. The van der Waals surface area contributed by atoms with Crippen molar-refractivity contribution in [2.24, 2.45) is 0 Å². The van der Waals surface area contributed by atoms with Gasteiger partial charge in [-0.15, -0.1) is 0 Å². The Bertz CT molecular complexity index is 979. The van der Waals surface area contributed by atoms with Gasteiger partial charge < -0.3 is 13.8 Å². The Morgan fingerprint density at radius 3 is 1.70 bits per heavy atom. The zero-order chi connectivity index (χ0) is 21.6. The van der Waals surface area contributed by atoms with Gasteiger partial charge in [-0.1, -0.05) is 35.4 Å². The number of carbonyl (C=O) groups excluding carboxylic acids is 1. The Morgan fingerprint density at radius 1 is 0.800 bits per heavy atom. The summed E-state index contributed by atoms with van der Waals surface area (Å²) in [4.78, 5) is 11.8. The quantitative estimate of drug-likeness (QED) is 0.344. The number of anilines is 1. The lowest BCUT2D eigenvalue weighted by molar-refractivity contribution is 0.0526. The molecule has 3 aromatic rings. The van der Waals surface area contributed by atoms with Gasteiger partial charge in [0.15, 0.2) is 0 Å². The first kappa shape index (κ1) is 21.5. The highest BCUT2D eigenvalue weighted by Crippen LogP contribution is 2.48. The summed E-state index contributed by atoms with van der Waals surface area (Å²) >= 11 is 0. The van der Waals surface area contributed by atoms with Gasteiger partial charge in [0.2, 0.25) is 0 Å². The van der Waals surface area contributed by atoms with Crippen molar-refractivity contribution in [3.8, 4) is 11.5 Å². The lowest BCUT2D eigenvalue weighted by Gasteiger charge is -2.21. The Kier molecular flexibility index (Phi) is 6.80. The summed E-state index contributed by atoms with van der Waals surface area (Å²) < 4.78 is 30.0. The van der Waals surface area contributed by atoms with E-state index in [2.05, 4.69) is 5.09 Å². The van der Waals surface area contributed by atoms with Crippen molar-refractivity contribution < 1.29 is 23.1 Å². The number of nitrogens with one attached hydrogen (secondary N) is 1. The third kappa shape index (κ3) is 5.88. The number of aryl methyl sites for hydroxylation is 2. The molecule has 0 bridgehead atoms. The average molecular weight is 425 g/mol. The molecule has 7 heteroatoms. The summed E-state index contributed by atoms with van der Waals surface area (Å²) in [7, 11) is -3.83. The van der Waals surface area contributed by atoms with Crippen LogP contribution in [-0.4, -0.2) is 12.6 Å². The molecular formula is C23H24NO5P. The normalized spacial score (nSPS) is 10.9.